The van der Waals surface area contributed by atoms with Gasteiger partial charge in [-0.2, -0.15) is 11.3 Å². The molecule has 0 spiro atoms. The first-order valence-corrected chi connectivity index (χ1v) is 6.69. The first-order valence-electron chi connectivity index (χ1n) is 5.75. The van der Waals surface area contributed by atoms with Crippen LogP contribution in [0, 0.1) is 5.92 Å². The van der Waals surface area contributed by atoms with Gasteiger partial charge in [-0.25, -0.2) is 0 Å². The molecule has 1 N–H and O–H groups in total. The maximum atomic E-state index is 12.4. The minimum atomic E-state index is -0.0394. The van der Waals surface area contributed by atoms with Crippen molar-refractivity contribution in [3.63, 3.8) is 0 Å². The number of nitrogens with zero attached hydrogens (tertiary/aromatic N) is 1. The number of amides is 1. The summed E-state index contributed by atoms with van der Waals surface area (Å²) in [6.07, 6.45) is 2.19. The van der Waals surface area contributed by atoms with Gasteiger partial charge in [-0.3, -0.25) is 4.79 Å². The summed E-state index contributed by atoms with van der Waals surface area (Å²) in [5.41, 5.74) is 1.05. The number of hydrogen-bond acceptors (Lipinski definition) is 3. The van der Waals surface area contributed by atoms with Crippen LogP contribution in [0.3, 0.4) is 0 Å². The van der Waals surface area contributed by atoms with Crippen molar-refractivity contribution in [1.29, 1.82) is 0 Å². The van der Waals surface area contributed by atoms with E-state index >= 15 is 0 Å². The number of carbonyl (C=O) groups excluding carboxylic acids is 1. The van der Waals surface area contributed by atoms with Gasteiger partial charge in [0.25, 0.3) is 0 Å². The predicted octanol–water partition coefficient (Wildman–Crippen LogP) is 2.10. The van der Waals surface area contributed by atoms with Gasteiger partial charge in [-0.15, -0.1) is 0 Å². The molecule has 88 valence electrons. The molecule has 0 aromatic carbocycles. The first-order chi connectivity index (χ1) is 7.74. The zero-order chi connectivity index (χ0) is 11.5. The molecule has 1 amide bonds. The second-order valence-electron chi connectivity index (χ2n) is 4.36. The lowest BCUT2D eigenvalue weighted by Crippen LogP contribution is -2.46. The van der Waals surface area contributed by atoms with Crippen LogP contribution in [0.2, 0.25) is 0 Å². The van der Waals surface area contributed by atoms with Gasteiger partial charge < -0.3 is 10.2 Å². The van der Waals surface area contributed by atoms with Crippen LogP contribution in [0.5, 0.6) is 0 Å². The number of rotatable bonds is 2. The van der Waals surface area contributed by atoms with Crippen molar-refractivity contribution >= 4 is 22.9 Å². The Morgan fingerprint density at radius 2 is 2.38 bits per heavy atom. The predicted molar refractivity (Wildman–Crippen MR) is 67.9 cm³/mol. The monoisotopic (exact) mass is 238 g/mol. The zero-order valence-corrected chi connectivity index (χ0v) is 10.6. The molecule has 2 rings (SSSR count). The Morgan fingerprint density at radius 1 is 1.56 bits per heavy atom. The van der Waals surface area contributed by atoms with Gasteiger partial charge >= 0.3 is 0 Å². The first kappa shape index (κ1) is 11.6. The Hall–Kier alpha value is -0.870. The van der Waals surface area contributed by atoms with Crippen LogP contribution >= 0.6 is 11.3 Å². The summed E-state index contributed by atoms with van der Waals surface area (Å²) in [7, 11) is 1.87. The molecule has 1 aliphatic heterocycles. The van der Waals surface area contributed by atoms with Crippen molar-refractivity contribution < 1.29 is 4.79 Å². The Labute approximate surface area is 100 Å². The van der Waals surface area contributed by atoms with Gasteiger partial charge in [0.15, 0.2) is 0 Å². The SMILES string of the molecule is CNC1C(=O)N(c2ccsc2)CCCC1C. The highest BCUT2D eigenvalue weighted by molar-refractivity contribution is 7.08. The molecule has 4 heteroatoms. The van der Waals surface area contributed by atoms with E-state index in [2.05, 4.69) is 12.2 Å². The second-order valence-corrected chi connectivity index (χ2v) is 5.14. The smallest absolute Gasteiger partial charge is 0.244 e. The molecule has 0 bridgehead atoms. The largest absolute Gasteiger partial charge is 0.310 e. The van der Waals surface area contributed by atoms with E-state index in [1.54, 1.807) is 11.3 Å². The van der Waals surface area contributed by atoms with Crippen LogP contribution in [0.25, 0.3) is 0 Å². The Kier molecular flexibility index (Phi) is 3.61. The van der Waals surface area contributed by atoms with Crippen LogP contribution in [0.15, 0.2) is 16.8 Å². The highest BCUT2D eigenvalue weighted by atomic mass is 32.1. The van der Waals surface area contributed by atoms with Crippen molar-refractivity contribution in [2.45, 2.75) is 25.8 Å². The molecule has 16 heavy (non-hydrogen) atoms. The topological polar surface area (TPSA) is 32.3 Å². The maximum Gasteiger partial charge on any atom is 0.244 e. The van der Waals surface area contributed by atoms with E-state index in [9.17, 15) is 4.79 Å². The lowest BCUT2D eigenvalue weighted by molar-refractivity contribution is -0.121. The summed E-state index contributed by atoms with van der Waals surface area (Å²) in [5, 5.41) is 7.21. The van der Waals surface area contributed by atoms with Crippen molar-refractivity contribution in [2.75, 3.05) is 18.5 Å². The number of thiophene rings is 1. The van der Waals surface area contributed by atoms with Gasteiger partial charge in [-0.05, 0) is 37.3 Å². The highest BCUT2D eigenvalue weighted by Gasteiger charge is 2.31. The Morgan fingerprint density at radius 3 is 3.00 bits per heavy atom. The lowest BCUT2D eigenvalue weighted by Gasteiger charge is -2.25. The Balaban J connectivity index is 2.23. The second kappa shape index (κ2) is 4.97. The van der Waals surface area contributed by atoms with Crippen molar-refractivity contribution in [1.82, 2.24) is 5.32 Å². The lowest BCUT2D eigenvalue weighted by atomic mass is 9.98. The summed E-state index contributed by atoms with van der Waals surface area (Å²) >= 11 is 1.64. The molecule has 3 nitrogen and oxygen atoms in total. The summed E-state index contributed by atoms with van der Waals surface area (Å²) < 4.78 is 0. The summed E-state index contributed by atoms with van der Waals surface area (Å²) in [4.78, 5) is 14.3. The molecule has 1 aliphatic rings. The molecule has 0 saturated carbocycles. The van der Waals surface area contributed by atoms with Crippen molar-refractivity contribution in [2.24, 2.45) is 5.92 Å². The van der Waals surface area contributed by atoms with Crippen LogP contribution < -0.4 is 10.2 Å². The summed E-state index contributed by atoms with van der Waals surface area (Å²) in [6.45, 7) is 2.99. The average Bonchev–Trinajstić information content (AvgIpc) is 2.74. The summed E-state index contributed by atoms with van der Waals surface area (Å²) in [6, 6.07) is 1.98. The summed E-state index contributed by atoms with van der Waals surface area (Å²) in [5.74, 6) is 0.632. The molecular formula is C12H18N2OS. The molecule has 0 aliphatic carbocycles. The quantitative estimate of drug-likeness (QED) is 0.855. The van der Waals surface area contributed by atoms with Crippen molar-refractivity contribution in [3.05, 3.63) is 16.8 Å². The number of hydrogen-bond donors (Lipinski definition) is 1. The molecule has 0 radical (unpaired) electrons. The number of carbonyl (C=O) groups is 1. The highest BCUT2D eigenvalue weighted by Crippen LogP contribution is 2.25. The minimum absolute atomic E-state index is 0.0394. The molecule has 1 fully saturated rings. The van der Waals surface area contributed by atoms with E-state index in [0.29, 0.717) is 5.92 Å². The molecular weight excluding hydrogens is 220 g/mol. The van der Waals surface area contributed by atoms with Gasteiger partial charge in [0.1, 0.15) is 0 Å². The van der Waals surface area contributed by atoms with E-state index in [1.165, 1.54) is 0 Å². The third-order valence-corrected chi connectivity index (χ3v) is 3.94. The third kappa shape index (κ3) is 2.13. The van der Waals surface area contributed by atoms with Gasteiger partial charge in [0.05, 0.1) is 11.7 Å². The maximum absolute atomic E-state index is 12.4. The average molecular weight is 238 g/mol. The van der Waals surface area contributed by atoms with E-state index in [1.807, 2.05) is 28.8 Å². The van der Waals surface area contributed by atoms with Gasteiger partial charge in [0, 0.05) is 11.9 Å². The number of likely N-dealkylation sites (N-methyl/N-ethyl adjacent to an activating group) is 1. The minimum Gasteiger partial charge on any atom is -0.310 e. The van der Waals surface area contributed by atoms with E-state index < -0.39 is 0 Å². The molecule has 2 heterocycles. The fraction of sp³-hybridized carbons (Fsp3) is 0.583. The third-order valence-electron chi connectivity index (χ3n) is 3.27. The van der Waals surface area contributed by atoms with Gasteiger partial charge in [0.2, 0.25) is 5.91 Å². The normalized spacial score (nSPS) is 26.9. The van der Waals surface area contributed by atoms with E-state index in [0.717, 1.165) is 25.1 Å². The van der Waals surface area contributed by atoms with Gasteiger partial charge in [-0.1, -0.05) is 6.92 Å². The Bertz CT molecular complexity index is 350. The van der Waals surface area contributed by atoms with Crippen LogP contribution in [0.1, 0.15) is 19.8 Å². The van der Waals surface area contributed by atoms with Crippen molar-refractivity contribution in [3.8, 4) is 0 Å². The molecule has 1 saturated heterocycles. The van der Waals surface area contributed by atoms with E-state index in [-0.39, 0.29) is 11.9 Å². The molecule has 1 aromatic rings. The fourth-order valence-electron chi connectivity index (χ4n) is 2.33. The fourth-order valence-corrected chi connectivity index (χ4v) is 2.98. The standard InChI is InChI=1S/C12H18N2OS/c1-9-4-3-6-14(10-5-7-16-8-10)12(15)11(9)13-2/h5,7-9,11,13H,3-4,6H2,1-2H3. The van der Waals surface area contributed by atoms with Crippen LogP contribution in [0.4, 0.5) is 5.69 Å². The van der Waals surface area contributed by atoms with E-state index in [4.69, 9.17) is 0 Å². The molecule has 2 atom stereocenters. The molecule has 2 unspecified atom stereocenters. The number of nitrogens with one attached hydrogen (secondary N) is 1. The van der Waals surface area contributed by atoms with Crippen LogP contribution in [-0.4, -0.2) is 25.5 Å². The number of anilines is 1. The molecule has 1 aromatic heterocycles. The zero-order valence-electron chi connectivity index (χ0n) is 9.77. The van der Waals surface area contributed by atoms with Crippen LogP contribution in [-0.2, 0) is 4.79 Å².